The molecule has 0 spiro atoms. The molecule has 1 nitrogen and oxygen atoms in total. The maximum Gasteiger partial charge on any atom is 0.0518 e. The molecule has 0 amide bonds. The van der Waals surface area contributed by atoms with Crippen molar-refractivity contribution >= 4 is 0 Å². The third kappa shape index (κ3) is 11.7. The van der Waals surface area contributed by atoms with Crippen molar-refractivity contribution in [2.24, 2.45) is 0 Å². The van der Waals surface area contributed by atoms with Gasteiger partial charge < -0.3 is 4.74 Å². The van der Waals surface area contributed by atoms with Crippen molar-refractivity contribution in [2.45, 2.75) is 59.0 Å². The van der Waals surface area contributed by atoms with Gasteiger partial charge in [-0.2, -0.15) is 0 Å². The first-order valence-corrected chi connectivity index (χ1v) is 5.50. The first-order valence-electron chi connectivity index (χ1n) is 5.50. The van der Waals surface area contributed by atoms with Gasteiger partial charge in [0.2, 0.25) is 0 Å². The molecule has 0 aromatic heterocycles. The van der Waals surface area contributed by atoms with Crippen molar-refractivity contribution in [3.8, 4) is 0 Å². The number of unbranched alkanes of at least 4 members (excludes halogenated alkanes) is 4. The van der Waals surface area contributed by atoms with Gasteiger partial charge in [-0.05, 0) is 40.0 Å². The summed E-state index contributed by atoms with van der Waals surface area (Å²) in [4.78, 5) is 0. The normalized spacial score (nSPS) is 11.7. The number of ether oxygens (including phenoxy) is 1. The fourth-order valence-electron chi connectivity index (χ4n) is 1.20. The molecule has 0 radical (unpaired) electrons. The Morgan fingerprint density at radius 3 is 2.38 bits per heavy atom. The minimum Gasteiger partial charge on any atom is -0.379 e. The van der Waals surface area contributed by atoms with E-state index in [1.54, 1.807) is 0 Å². The van der Waals surface area contributed by atoms with Crippen molar-refractivity contribution in [1.29, 1.82) is 0 Å². The van der Waals surface area contributed by atoms with Crippen molar-refractivity contribution in [3.63, 3.8) is 0 Å². The van der Waals surface area contributed by atoms with E-state index in [9.17, 15) is 0 Å². The molecule has 0 rings (SSSR count). The summed E-state index contributed by atoms with van der Waals surface area (Å²) in [6, 6.07) is 0. The summed E-state index contributed by atoms with van der Waals surface area (Å²) in [5, 5.41) is 0. The predicted molar refractivity (Wildman–Crippen MR) is 59.0 cm³/mol. The van der Waals surface area contributed by atoms with Crippen molar-refractivity contribution < 1.29 is 4.74 Å². The molecule has 0 bridgehead atoms. The van der Waals surface area contributed by atoms with Crippen LogP contribution in [0.1, 0.15) is 52.9 Å². The zero-order chi connectivity index (χ0) is 9.94. The monoisotopic (exact) mass is 184 g/mol. The standard InChI is InChI=1S/C12H24O/c1-4-5-6-7-8-9-10-11-13-12(2)3/h4-5,12H,6-11H2,1-3H3/b5-4-. The van der Waals surface area contributed by atoms with Gasteiger partial charge in [0.1, 0.15) is 0 Å². The maximum atomic E-state index is 5.46. The lowest BCUT2D eigenvalue weighted by molar-refractivity contribution is 0.0757. The van der Waals surface area contributed by atoms with Crippen molar-refractivity contribution in [1.82, 2.24) is 0 Å². The molecule has 78 valence electrons. The van der Waals surface area contributed by atoms with Gasteiger partial charge in [0.25, 0.3) is 0 Å². The lowest BCUT2D eigenvalue weighted by Gasteiger charge is -2.06. The minimum atomic E-state index is 0.392. The Morgan fingerprint density at radius 1 is 1.08 bits per heavy atom. The zero-order valence-corrected chi connectivity index (χ0v) is 9.38. The summed E-state index contributed by atoms with van der Waals surface area (Å²) in [5.41, 5.74) is 0. The van der Waals surface area contributed by atoms with Crippen LogP contribution in [0.5, 0.6) is 0 Å². The average molecular weight is 184 g/mol. The summed E-state index contributed by atoms with van der Waals surface area (Å²) in [6.07, 6.45) is 11.2. The van der Waals surface area contributed by atoms with Gasteiger partial charge in [0, 0.05) is 6.61 Å². The van der Waals surface area contributed by atoms with Crippen LogP contribution in [0.15, 0.2) is 12.2 Å². The highest BCUT2D eigenvalue weighted by atomic mass is 16.5. The van der Waals surface area contributed by atoms with Crippen LogP contribution in [0.4, 0.5) is 0 Å². The van der Waals surface area contributed by atoms with E-state index < -0.39 is 0 Å². The number of allylic oxidation sites excluding steroid dienone is 2. The van der Waals surface area contributed by atoms with E-state index in [0.29, 0.717) is 6.10 Å². The van der Waals surface area contributed by atoms with Gasteiger partial charge in [0.05, 0.1) is 6.10 Å². The molecule has 0 atom stereocenters. The zero-order valence-electron chi connectivity index (χ0n) is 9.38. The van der Waals surface area contributed by atoms with Gasteiger partial charge in [-0.3, -0.25) is 0 Å². The first-order chi connectivity index (χ1) is 6.27. The predicted octanol–water partition coefficient (Wildman–Crippen LogP) is 3.94. The SMILES string of the molecule is C/C=C\CCCCCCOC(C)C. The van der Waals surface area contributed by atoms with E-state index >= 15 is 0 Å². The number of hydrogen-bond acceptors (Lipinski definition) is 1. The average Bonchev–Trinajstić information content (AvgIpc) is 2.09. The van der Waals surface area contributed by atoms with Crippen molar-refractivity contribution in [3.05, 3.63) is 12.2 Å². The highest BCUT2D eigenvalue weighted by molar-refractivity contribution is 4.76. The molecule has 0 saturated carbocycles. The first kappa shape index (κ1) is 12.7. The Kier molecular flexibility index (Phi) is 9.56. The summed E-state index contributed by atoms with van der Waals surface area (Å²) in [5.74, 6) is 0. The molecule has 0 N–H and O–H groups in total. The Hall–Kier alpha value is -0.300. The van der Waals surface area contributed by atoms with E-state index in [2.05, 4.69) is 32.9 Å². The Balaban J connectivity index is 2.91. The Morgan fingerprint density at radius 2 is 1.77 bits per heavy atom. The van der Waals surface area contributed by atoms with Crippen LogP contribution < -0.4 is 0 Å². The fourth-order valence-corrected chi connectivity index (χ4v) is 1.20. The van der Waals surface area contributed by atoms with Crippen LogP contribution >= 0.6 is 0 Å². The minimum absolute atomic E-state index is 0.392. The molecule has 0 saturated heterocycles. The molecule has 0 aromatic carbocycles. The van der Waals surface area contributed by atoms with E-state index in [-0.39, 0.29) is 0 Å². The van der Waals surface area contributed by atoms with Gasteiger partial charge in [-0.15, -0.1) is 0 Å². The molecule has 0 aliphatic carbocycles. The van der Waals surface area contributed by atoms with Crippen molar-refractivity contribution in [2.75, 3.05) is 6.61 Å². The topological polar surface area (TPSA) is 9.23 Å². The lowest BCUT2D eigenvalue weighted by atomic mass is 10.1. The molecule has 1 heteroatoms. The third-order valence-corrected chi connectivity index (χ3v) is 1.95. The second-order valence-electron chi connectivity index (χ2n) is 3.69. The van der Waals surface area contributed by atoms with Crippen LogP contribution in [-0.4, -0.2) is 12.7 Å². The van der Waals surface area contributed by atoms with Crippen LogP contribution in [0.25, 0.3) is 0 Å². The van der Waals surface area contributed by atoms with Gasteiger partial charge in [-0.25, -0.2) is 0 Å². The summed E-state index contributed by atoms with van der Waals surface area (Å²) in [7, 11) is 0. The molecule has 0 aromatic rings. The van der Waals surface area contributed by atoms with Crippen LogP contribution in [0, 0.1) is 0 Å². The highest BCUT2D eigenvalue weighted by Crippen LogP contribution is 2.04. The molecule has 0 aliphatic rings. The smallest absolute Gasteiger partial charge is 0.0518 e. The molecule has 13 heavy (non-hydrogen) atoms. The summed E-state index contributed by atoms with van der Waals surface area (Å²) in [6.45, 7) is 7.19. The molecule has 0 aliphatic heterocycles. The van der Waals surface area contributed by atoms with Crippen LogP contribution in [0.3, 0.4) is 0 Å². The fraction of sp³-hybridized carbons (Fsp3) is 0.833. The largest absolute Gasteiger partial charge is 0.379 e. The maximum absolute atomic E-state index is 5.46. The quantitative estimate of drug-likeness (QED) is 0.410. The molecule has 0 fully saturated rings. The third-order valence-electron chi connectivity index (χ3n) is 1.95. The lowest BCUT2D eigenvalue weighted by Crippen LogP contribution is -2.03. The van der Waals surface area contributed by atoms with Gasteiger partial charge in [0.15, 0.2) is 0 Å². The summed E-state index contributed by atoms with van der Waals surface area (Å²) >= 11 is 0. The molecular weight excluding hydrogens is 160 g/mol. The van der Waals surface area contributed by atoms with E-state index in [1.165, 1.54) is 32.1 Å². The van der Waals surface area contributed by atoms with E-state index in [4.69, 9.17) is 4.74 Å². The van der Waals surface area contributed by atoms with E-state index in [0.717, 1.165) is 6.61 Å². The Bertz CT molecular complexity index is 116. The molecular formula is C12H24O. The number of rotatable bonds is 8. The number of hydrogen-bond donors (Lipinski definition) is 0. The van der Waals surface area contributed by atoms with Gasteiger partial charge >= 0.3 is 0 Å². The van der Waals surface area contributed by atoms with Crippen LogP contribution in [-0.2, 0) is 4.74 Å². The van der Waals surface area contributed by atoms with Gasteiger partial charge in [-0.1, -0.05) is 25.0 Å². The Labute approximate surface area is 83.2 Å². The molecule has 0 unspecified atom stereocenters. The second kappa shape index (κ2) is 9.79. The highest BCUT2D eigenvalue weighted by Gasteiger charge is 1.92. The second-order valence-corrected chi connectivity index (χ2v) is 3.69. The van der Waals surface area contributed by atoms with E-state index in [1.807, 2.05) is 0 Å². The summed E-state index contributed by atoms with van der Waals surface area (Å²) < 4.78 is 5.46. The van der Waals surface area contributed by atoms with Crippen LogP contribution in [0.2, 0.25) is 0 Å². The molecule has 0 heterocycles.